The van der Waals surface area contributed by atoms with E-state index in [1.54, 1.807) is 0 Å². The Balaban J connectivity index is 0. The fourth-order valence-electron chi connectivity index (χ4n) is 0.150. The Labute approximate surface area is 68.4 Å². The molecule has 0 fully saturated rings. The van der Waals surface area contributed by atoms with Crippen LogP contribution in [0.5, 0.6) is 0 Å². The summed E-state index contributed by atoms with van der Waals surface area (Å²) in [6, 6.07) is 5.12. The van der Waals surface area contributed by atoms with Gasteiger partial charge in [0.2, 0.25) is 0 Å². The molecule has 4 nitrogen and oxygen atoms in total. The van der Waals surface area contributed by atoms with Crippen LogP contribution in [0.15, 0.2) is 0 Å². The molecule has 0 atom stereocenters. The van der Waals surface area contributed by atoms with Gasteiger partial charge in [0.25, 0.3) is 0 Å². The fraction of sp³-hybridized carbons (Fsp3) is 0.200. The average molecular weight is 197 g/mol. The van der Waals surface area contributed by atoms with Crippen LogP contribution in [0, 0.1) is 50.7 Å². The van der Waals surface area contributed by atoms with Crippen LogP contribution in [0.25, 0.3) is 0 Å². The summed E-state index contributed by atoms with van der Waals surface area (Å²) in [6.07, 6.45) is 0. The van der Waals surface area contributed by atoms with Crippen molar-refractivity contribution < 1.29 is 0 Å². The topological polar surface area (TPSA) is 95.2 Å². The molecule has 0 unspecified atom stereocenters. The van der Waals surface area contributed by atoms with Crippen molar-refractivity contribution in [3.8, 4) is 24.3 Å². The van der Waals surface area contributed by atoms with E-state index in [2.05, 4.69) is 0 Å². The van der Waals surface area contributed by atoms with Gasteiger partial charge in [-0.1, -0.05) is 0 Å². The Bertz CT molecular complexity index is 206. The van der Waals surface area contributed by atoms with E-state index in [1.165, 1.54) is 24.3 Å². The van der Waals surface area contributed by atoms with Gasteiger partial charge in [-0.2, -0.15) is 21.0 Å². The van der Waals surface area contributed by atoms with Gasteiger partial charge < -0.3 is 0 Å². The van der Waals surface area contributed by atoms with Gasteiger partial charge in [-0.05, 0) is 0 Å². The first kappa shape index (κ1) is 11.3. The fourth-order valence-corrected chi connectivity index (χ4v) is 0.150. The molecule has 0 saturated heterocycles. The van der Waals surface area contributed by atoms with E-state index in [4.69, 9.17) is 21.0 Å². The summed E-state index contributed by atoms with van der Waals surface area (Å²) < 4.78 is 0. The van der Waals surface area contributed by atoms with Gasteiger partial charge in [-0.25, -0.2) is 0 Å². The standard InChI is InChI=1S/C5N4.H2Se/c6-1-5(2-7,3-8)4-9;/h;1H2. The third-order valence-corrected chi connectivity index (χ3v) is 0.671. The average Bonchev–Trinajstić information content (AvgIpc) is 1.95. The predicted octanol–water partition coefficient (Wildman–Crippen LogP) is -0.849. The van der Waals surface area contributed by atoms with Crippen LogP contribution in [0.4, 0.5) is 0 Å². The number of rotatable bonds is 0. The molecule has 0 aromatic rings. The first-order valence-corrected chi connectivity index (χ1v) is 1.89. The van der Waals surface area contributed by atoms with Crippen molar-refractivity contribution in [2.75, 3.05) is 0 Å². The van der Waals surface area contributed by atoms with Crippen LogP contribution in [0.1, 0.15) is 0 Å². The van der Waals surface area contributed by atoms with Crippen molar-refractivity contribution in [2.24, 2.45) is 5.41 Å². The molecule has 0 bridgehead atoms. The first-order chi connectivity index (χ1) is 4.24. The molecule has 5 heteroatoms. The van der Waals surface area contributed by atoms with Gasteiger partial charge in [0.1, 0.15) is 24.3 Å². The summed E-state index contributed by atoms with van der Waals surface area (Å²) in [6.45, 7) is 0. The molecule has 0 saturated carbocycles. The molecule has 0 aliphatic heterocycles. The van der Waals surface area contributed by atoms with E-state index in [9.17, 15) is 0 Å². The predicted molar refractivity (Wildman–Crippen MR) is 33.4 cm³/mol. The molecule has 0 N–H and O–H groups in total. The van der Waals surface area contributed by atoms with E-state index in [1.807, 2.05) is 0 Å². The summed E-state index contributed by atoms with van der Waals surface area (Å²) in [7, 11) is 0. The number of nitrogens with zero attached hydrogens (tertiary/aromatic N) is 4. The van der Waals surface area contributed by atoms with Crippen LogP contribution in [0.2, 0.25) is 0 Å². The molecule has 0 heterocycles. The van der Waals surface area contributed by atoms with Gasteiger partial charge in [0, 0.05) is 0 Å². The summed E-state index contributed by atoms with van der Waals surface area (Å²) in [5.74, 6) is 0. The molecule has 48 valence electrons. The number of nitriles is 4. The van der Waals surface area contributed by atoms with E-state index < -0.39 is 5.41 Å². The van der Waals surface area contributed by atoms with Crippen molar-refractivity contribution in [2.45, 2.75) is 0 Å². The van der Waals surface area contributed by atoms with E-state index >= 15 is 0 Å². The van der Waals surface area contributed by atoms with Crippen molar-refractivity contribution in [1.29, 1.82) is 21.0 Å². The summed E-state index contributed by atoms with van der Waals surface area (Å²) >= 11 is 0. The van der Waals surface area contributed by atoms with E-state index in [0.29, 0.717) is 0 Å². The molecule has 0 aromatic heterocycles. The van der Waals surface area contributed by atoms with Crippen molar-refractivity contribution >= 4 is 17.1 Å². The molecule has 0 amide bonds. The zero-order valence-corrected chi connectivity index (χ0v) is 6.89. The van der Waals surface area contributed by atoms with E-state index in [-0.39, 0.29) is 17.1 Å². The molecule has 0 aliphatic carbocycles. The summed E-state index contributed by atoms with van der Waals surface area (Å²) in [5, 5.41) is 32.2. The monoisotopic (exact) mass is 198 g/mol. The van der Waals surface area contributed by atoms with Crippen LogP contribution in [-0.4, -0.2) is 17.1 Å². The Morgan fingerprint density at radius 3 is 0.900 bits per heavy atom. The quantitative estimate of drug-likeness (QED) is 0.472. The normalized spacial score (nSPS) is 6.80. The van der Waals surface area contributed by atoms with Crippen LogP contribution >= 0.6 is 0 Å². The van der Waals surface area contributed by atoms with Crippen molar-refractivity contribution in [3.63, 3.8) is 0 Å². The second-order valence-electron chi connectivity index (χ2n) is 1.20. The second kappa shape index (κ2) is 4.37. The molecular formula is C5H2N4Se. The minimum absolute atomic E-state index is 0. The SMILES string of the molecule is N#CC(C#N)(C#N)C#N.[SeH2]. The Hall–Kier alpha value is -1.52. The summed E-state index contributed by atoms with van der Waals surface area (Å²) in [5.41, 5.74) is -2.11. The Morgan fingerprint density at radius 2 is 0.900 bits per heavy atom. The maximum atomic E-state index is 8.06. The minimum atomic E-state index is -2.11. The van der Waals surface area contributed by atoms with Crippen LogP contribution in [-0.2, 0) is 0 Å². The third kappa shape index (κ3) is 1.77. The number of hydrogen-bond acceptors (Lipinski definition) is 4. The van der Waals surface area contributed by atoms with Gasteiger partial charge >= 0.3 is 22.5 Å². The maximum absolute atomic E-state index is 8.06. The molecular weight excluding hydrogens is 195 g/mol. The first-order valence-electron chi connectivity index (χ1n) is 1.89. The van der Waals surface area contributed by atoms with Gasteiger partial charge in [0.05, 0.1) is 0 Å². The Kier molecular flexibility index (Phi) is 4.93. The summed E-state index contributed by atoms with van der Waals surface area (Å²) in [4.78, 5) is 0. The van der Waals surface area contributed by atoms with E-state index in [0.717, 1.165) is 0 Å². The van der Waals surface area contributed by atoms with Crippen molar-refractivity contribution in [3.05, 3.63) is 0 Å². The van der Waals surface area contributed by atoms with Gasteiger partial charge in [-0.15, -0.1) is 0 Å². The number of hydrogen-bond donors (Lipinski definition) is 0. The zero-order chi connectivity index (χ0) is 7.33. The second-order valence-corrected chi connectivity index (χ2v) is 1.20. The molecule has 0 aliphatic rings. The van der Waals surface area contributed by atoms with Gasteiger partial charge in [-0.3, -0.25) is 0 Å². The van der Waals surface area contributed by atoms with Crippen molar-refractivity contribution in [1.82, 2.24) is 0 Å². The van der Waals surface area contributed by atoms with Gasteiger partial charge in [0.15, 0.2) is 0 Å². The zero-order valence-electron chi connectivity index (χ0n) is 4.79. The molecule has 10 heavy (non-hydrogen) atoms. The third-order valence-electron chi connectivity index (χ3n) is 0.671. The van der Waals surface area contributed by atoms with Crippen LogP contribution in [0.3, 0.4) is 0 Å². The molecule has 0 spiro atoms. The molecule has 0 rings (SSSR count). The Morgan fingerprint density at radius 1 is 0.700 bits per heavy atom. The molecule has 0 aromatic carbocycles. The molecule has 0 radical (unpaired) electrons. The van der Waals surface area contributed by atoms with Crippen LogP contribution < -0.4 is 0 Å².